The quantitative estimate of drug-likeness (QED) is 0.643. The first-order valence-corrected chi connectivity index (χ1v) is 13.4. The molecule has 36 heavy (non-hydrogen) atoms. The third-order valence-corrected chi connectivity index (χ3v) is 8.21. The molecular formula is C27H35ClN6O2. The van der Waals surface area contributed by atoms with Gasteiger partial charge in [-0.2, -0.15) is 0 Å². The lowest BCUT2D eigenvalue weighted by atomic mass is 9.96. The minimum absolute atomic E-state index is 0.103. The lowest BCUT2D eigenvalue weighted by Crippen LogP contribution is -2.51. The molecule has 8 nitrogen and oxygen atoms in total. The Hall–Kier alpha value is -2.71. The van der Waals surface area contributed by atoms with Crippen LogP contribution in [0.5, 0.6) is 0 Å². The summed E-state index contributed by atoms with van der Waals surface area (Å²) in [5.41, 5.74) is 3.43. The number of aromatic nitrogens is 2. The van der Waals surface area contributed by atoms with E-state index >= 15 is 0 Å². The van der Waals surface area contributed by atoms with Crippen molar-refractivity contribution in [2.75, 3.05) is 50.7 Å². The molecule has 192 valence electrons. The molecule has 3 aliphatic rings. The molecule has 0 saturated carbocycles. The van der Waals surface area contributed by atoms with Crippen LogP contribution in [0.3, 0.4) is 0 Å². The molecule has 2 aliphatic heterocycles. The molecule has 2 amide bonds. The summed E-state index contributed by atoms with van der Waals surface area (Å²) >= 11 is 6.13. The number of likely N-dealkylation sites (tertiary alicyclic amines) is 1. The van der Waals surface area contributed by atoms with Gasteiger partial charge in [0, 0.05) is 75.1 Å². The highest BCUT2D eigenvalue weighted by atomic mass is 35.5. The van der Waals surface area contributed by atoms with Gasteiger partial charge < -0.3 is 20.0 Å². The summed E-state index contributed by atoms with van der Waals surface area (Å²) < 4.78 is 0. The van der Waals surface area contributed by atoms with Gasteiger partial charge in [-0.1, -0.05) is 30.7 Å². The Labute approximate surface area is 218 Å². The van der Waals surface area contributed by atoms with Crippen molar-refractivity contribution in [1.29, 1.82) is 0 Å². The lowest BCUT2D eigenvalue weighted by Gasteiger charge is -2.38. The van der Waals surface area contributed by atoms with Crippen molar-refractivity contribution in [1.82, 2.24) is 25.1 Å². The summed E-state index contributed by atoms with van der Waals surface area (Å²) in [7, 11) is 0. The highest BCUT2D eigenvalue weighted by Crippen LogP contribution is 2.37. The molecule has 2 fully saturated rings. The van der Waals surface area contributed by atoms with Crippen LogP contribution in [0.25, 0.3) is 0 Å². The number of benzene rings is 1. The number of aryl methyl sites for hydroxylation is 1. The van der Waals surface area contributed by atoms with Crippen LogP contribution >= 0.6 is 11.6 Å². The van der Waals surface area contributed by atoms with Gasteiger partial charge in [-0.15, -0.1) is 0 Å². The number of amides is 2. The third kappa shape index (κ3) is 5.20. The predicted octanol–water partition coefficient (Wildman–Crippen LogP) is 2.82. The summed E-state index contributed by atoms with van der Waals surface area (Å²) in [6.07, 6.45) is 4.73. The Morgan fingerprint density at radius 1 is 1.06 bits per heavy atom. The van der Waals surface area contributed by atoms with E-state index in [0.29, 0.717) is 37.1 Å². The van der Waals surface area contributed by atoms with Crippen LogP contribution in [-0.2, 0) is 16.0 Å². The molecule has 0 unspecified atom stereocenters. The molecule has 1 aromatic heterocycles. The van der Waals surface area contributed by atoms with Gasteiger partial charge in [0.1, 0.15) is 12.1 Å². The van der Waals surface area contributed by atoms with Crippen molar-refractivity contribution in [3.8, 4) is 0 Å². The van der Waals surface area contributed by atoms with Crippen molar-refractivity contribution in [2.24, 2.45) is 0 Å². The molecule has 0 radical (unpaired) electrons. The van der Waals surface area contributed by atoms with E-state index in [4.69, 9.17) is 11.6 Å². The average Bonchev–Trinajstić information content (AvgIpc) is 3.52. The number of piperazine rings is 1. The van der Waals surface area contributed by atoms with Gasteiger partial charge in [0.2, 0.25) is 11.8 Å². The Kier molecular flexibility index (Phi) is 7.44. The van der Waals surface area contributed by atoms with E-state index in [0.717, 1.165) is 50.3 Å². The molecule has 2 saturated heterocycles. The normalized spacial score (nSPS) is 22.6. The van der Waals surface area contributed by atoms with Crippen LogP contribution in [0.15, 0.2) is 30.6 Å². The SMILES string of the molecule is CC(=O)N1CC[C@H](NC[C@@H](C(=O)N2CCN(c3ncnc4c3[C@H](C)CC4)CC2)c2ccc(Cl)cc2)C1. The highest BCUT2D eigenvalue weighted by Gasteiger charge is 2.33. The Bertz CT molecular complexity index is 1100. The maximum Gasteiger partial charge on any atom is 0.231 e. The first kappa shape index (κ1) is 25.0. The fourth-order valence-electron chi connectivity index (χ4n) is 5.77. The molecular weight excluding hydrogens is 476 g/mol. The van der Waals surface area contributed by atoms with Crippen molar-refractivity contribution in [2.45, 2.75) is 51.0 Å². The van der Waals surface area contributed by atoms with Gasteiger partial charge in [-0.25, -0.2) is 9.97 Å². The molecule has 1 aliphatic carbocycles. The van der Waals surface area contributed by atoms with Gasteiger partial charge in [-0.05, 0) is 42.9 Å². The number of nitrogens with one attached hydrogen (secondary N) is 1. The summed E-state index contributed by atoms with van der Waals surface area (Å²) in [4.78, 5) is 40.8. The van der Waals surface area contributed by atoms with E-state index in [1.807, 2.05) is 34.1 Å². The number of fused-ring (bicyclic) bond motifs is 1. The fraction of sp³-hybridized carbons (Fsp3) is 0.556. The van der Waals surface area contributed by atoms with Gasteiger partial charge >= 0.3 is 0 Å². The molecule has 0 bridgehead atoms. The second kappa shape index (κ2) is 10.7. The van der Waals surface area contributed by atoms with Gasteiger partial charge in [0.05, 0.1) is 5.92 Å². The number of carbonyl (C=O) groups excluding carboxylic acids is 2. The number of rotatable bonds is 6. The molecule has 3 heterocycles. The minimum atomic E-state index is -0.302. The Morgan fingerprint density at radius 3 is 2.50 bits per heavy atom. The number of anilines is 1. The van der Waals surface area contributed by atoms with Gasteiger partial charge in [0.15, 0.2) is 0 Å². The number of nitrogens with zero attached hydrogens (tertiary/aromatic N) is 5. The molecule has 2 aromatic rings. The first-order chi connectivity index (χ1) is 17.4. The Morgan fingerprint density at radius 2 is 1.81 bits per heavy atom. The first-order valence-electron chi connectivity index (χ1n) is 13.0. The molecule has 9 heteroatoms. The average molecular weight is 511 g/mol. The topological polar surface area (TPSA) is 81.7 Å². The van der Waals surface area contributed by atoms with Crippen molar-refractivity contribution in [3.63, 3.8) is 0 Å². The number of halogens is 1. The van der Waals surface area contributed by atoms with Crippen LogP contribution in [0, 0.1) is 0 Å². The zero-order valence-corrected chi connectivity index (χ0v) is 21.9. The number of carbonyl (C=O) groups is 2. The standard InChI is InChI=1S/C27H35ClN6O2/c1-18-3-8-24-25(18)26(31-17-30-24)32-11-13-33(14-12-32)27(36)23(20-4-6-21(28)7-5-20)15-29-22-9-10-34(16-22)19(2)35/h4-7,17-18,22-23,29H,3,8-16H2,1-2H3/t18-,22+,23-/m1/s1. The van der Waals surface area contributed by atoms with Crippen molar-refractivity contribution < 1.29 is 9.59 Å². The monoisotopic (exact) mass is 510 g/mol. The van der Waals surface area contributed by atoms with Crippen molar-refractivity contribution in [3.05, 3.63) is 52.4 Å². The molecule has 0 spiro atoms. The fourth-order valence-corrected chi connectivity index (χ4v) is 5.90. The smallest absolute Gasteiger partial charge is 0.231 e. The maximum absolute atomic E-state index is 13.8. The van der Waals surface area contributed by atoms with Gasteiger partial charge in [0.25, 0.3) is 0 Å². The Balaban J connectivity index is 1.26. The molecule has 5 rings (SSSR count). The van der Waals surface area contributed by atoms with E-state index in [1.54, 1.807) is 13.3 Å². The summed E-state index contributed by atoms with van der Waals surface area (Å²) in [6.45, 7) is 8.71. The zero-order chi connectivity index (χ0) is 25.2. The van der Waals surface area contributed by atoms with Crippen LogP contribution in [0.2, 0.25) is 5.02 Å². The van der Waals surface area contributed by atoms with E-state index in [-0.39, 0.29) is 23.8 Å². The van der Waals surface area contributed by atoms with Crippen molar-refractivity contribution >= 4 is 29.2 Å². The number of hydrogen-bond donors (Lipinski definition) is 1. The minimum Gasteiger partial charge on any atom is -0.353 e. The van der Waals surface area contributed by atoms with Crippen LogP contribution < -0.4 is 10.2 Å². The molecule has 1 aromatic carbocycles. The lowest BCUT2D eigenvalue weighted by molar-refractivity contribution is -0.133. The van der Waals surface area contributed by atoms with Crippen LogP contribution in [-0.4, -0.2) is 83.4 Å². The van der Waals surface area contributed by atoms with E-state index < -0.39 is 0 Å². The number of hydrogen-bond acceptors (Lipinski definition) is 6. The molecule has 3 atom stereocenters. The summed E-state index contributed by atoms with van der Waals surface area (Å²) in [5.74, 6) is 1.46. The highest BCUT2D eigenvalue weighted by molar-refractivity contribution is 6.30. The van der Waals surface area contributed by atoms with E-state index in [9.17, 15) is 9.59 Å². The summed E-state index contributed by atoms with van der Waals surface area (Å²) in [5, 5.41) is 4.22. The second-order valence-electron chi connectivity index (χ2n) is 10.3. The predicted molar refractivity (Wildman–Crippen MR) is 140 cm³/mol. The van der Waals surface area contributed by atoms with Crippen LogP contribution in [0.4, 0.5) is 5.82 Å². The maximum atomic E-state index is 13.8. The largest absolute Gasteiger partial charge is 0.353 e. The second-order valence-corrected chi connectivity index (χ2v) is 10.7. The van der Waals surface area contributed by atoms with E-state index in [2.05, 4.69) is 27.1 Å². The van der Waals surface area contributed by atoms with Gasteiger partial charge in [-0.3, -0.25) is 9.59 Å². The molecule has 1 N–H and O–H groups in total. The summed E-state index contributed by atoms with van der Waals surface area (Å²) in [6, 6.07) is 7.80. The zero-order valence-electron chi connectivity index (χ0n) is 21.1. The van der Waals surface area contributed by atoms with E-state index in [1.165, 1.54) is 11.3 Å². The van der Waals surface area contributed by atoms with Crippen LogP contribution in [0.1, 0.15) is 55.3 Å². The third-order valence-electron chi connectivity index (χ3n) is 7.96.